The number of rotatable bonds is 4. The molecule has 1 aliphatic rings. The molecule has 0 saturated carbocycles. The van der Waals surface area contributed by atoms with E-state index in [4.69, 9.17) is 17.3 Å². The minimum absolute atomic E-state index is 0.724. The van der Waals surface area contributed by atoms with Gasteiger partial charge < -0.3 is 16.0 Å². The minimum atomic E-state index is 0.724. The number of nitrogens with one attached hydrogen (secondary N) is 1. The zero-order valence-corrected chi connectivity index (χ0v) is 11.5. The number of nitrogens with zero attached hydrogens (tertiary/aromatic N) is 1. The molecule has 0 atom stereocenters. The lowest BCUT2D eigenvalue weighted by Crippen LogP contribution is -2.30. The first kappa shape index (κ1) is 13.5. The number of hydrogen-bond donors (Lipinski definition) is 2. The van der Waals surface area contributed by atoms with Gasteiger partial charge >= 0.3 is 0 Å². The molecule has 0 unspecified atom stereocenters. The van der Waals surface area contributed by atoms with Crippen LogP contribution in [-0.2, 0) is 0 Å². The van der Waals surface area contributed by atoms with Crippen LogP contribution >= 0.6 is 11.6 Å². The Morgan fingerprint density at radius 2 is 1.89 bits per heavy atom. The summed E-state index contributed by atoms with van der Waals surface area (Å²) in [6, 6.07) is 5.55. The number of likely N-dealkylation sites (tertiary alicyclic amines) is 1. The van der Waals surface area contributed by atoms with Crippen molar-refractivity contribution in [1.29, 1.82) is 0 Å². The number of halogens is 1. The fourth-order valence-corrected chi connectivity index (χ4v) is 2.56. The topological polar surface area (TPSA) is 41.3 Å². The molecule has 2 rings (SSSR count). The maximum Gasteiger partial charge on any atom is 0.0589 e. The third-order valence-electron chi connectivity index (χ3n) is 3.46. The van der Waals surface area contributed by atoms with Crippen LogP contribution in [-0.4, -0.2) is 31.1 Å². The van der Waals surface area contributed by atoms with E-state index in [-0.39, 0.29) is 0 Å². The third kappa shape index (κ3) is 4.07. The molecule has 0 aromatic heterocycles. The van der Waals surface area contributed by atoms with Crippen LogP contribution in [0.15, 0.2) is 18.2 Å². The first-order valence-corrected chi connectivity index (χ1v) is 7.15. The van der Waals surface area contributed by atoms with Crippen LogP contribution in [0.3, 0.4) is 0 Å². The van der Waals surface area contributed by atoms with Crippen molar-refractivity contribution in [3.8, 4) is 0 Å². The number of anilines is 2. The van der Waals surface area contributed by atoms with Gasteiger partial charge in [0, 0.05) is 18.1 Å². The summed E-state index contributed by atoms with van der Waals surface area (Å²) < 4.78 is 0. The highest BCUT2D eigenvalue weighted by Gasteiger charge is 2.08. The van der Waals surface area contributed by atoms with Gasteiger partial charge in [0.2, 0.25) is 0 Å². The van der Waals surface area contributed by atoms with Crippen molar-refractivity contribution >= 4 is 23.0 Å². The summed E-state index contributed by atoms with van der Waals surface area (Å²) in [4.78, 5) is 2.53. The first-order chi connectivity index (χ1) is 8.75. The Bertz CT molecular complexity index is 373. The maximum atomic E-state index is 5.96. The predicted octanol–water partition coefficient (Wildman–Crippen LogP) is 3.21. The smallest absolute Gasteiger partial charge is 0.0589 e. The standard InChI is InChI=1S/C14H22ClN3/c15-12-5-6-13(16)14(11-12)17-7-10-18-8-3-1-2-4-9-18/h5-6,11,17H,1-4,7-10,16H2. The van der Waals surface area contributed by atoms with Crippen molar-refractivity contribution in [3.63, 3.8) is 0 Å². The van der Waals surface area contributed by atoms with E-state index in [0.29, 0.717) is 0 Å². The molecule has 3 N–H and O–H groups in total. The lowest BCUT2D eigenvalue weighted by molar-refractivity contribution is 0.296. The largest absolute Gasteiger partial charge is 0.397 e. The van der Waals surface area contributed by atoms with E-state index in [1.54, 1.807) is 0 Å². The maximum absolute atomic E-state index is 5.96. The van der Waals surface area contributed by atoms with E-state index in [1.165, 1.54) is 38.8 Å². The van der Waals surface area contributed by atoms with Gasteiger partial charge in [-0.15, -0.1) is 0 Å². The second-order valence-corrected chi connectivity index (χ2v) is 5.35. The Balaban J connectivity index is 1.78. The molecule has 0 aliphatic carbocycles. The highest BCUT2D eigenvalue weighted by molar-refractivity contribution is 6.31. The number of hydrogen-bond acceptors (Lipinski definition) is 3. The fourth-order valence-electron chi connectivity index (χ4n) is 2.39. The monoisotopic (exact) mass is 267 g/mol. The van der Waals surface area contributed by atoms with E-state index in [0.717, 1.165) is 29.5 Å². The van der Waals surface area contributed by atoms with Gasteiger partial charge in [0.05, 0.1) is 11.4 Å². The third-order valence-corrected chi connectivity index (χ3v) is 3.69. The highest BCUT2D eigenvalue weighted by atomic mass is 35.5. The van der Waals surface area contributed by atoms with Crippen molar-refractivity contribution in [2.75, 3.05) is 37.2 Å². The van der Waals surface area contributed by atoms with Crippen molar-refractivity contribution in [3.05, 3.63) is 23.2 Å². The van der Waals surface area contributed by atoms with Gasteiger partial charge in [-0.2, -0.15) is 0 Å². The molecular formula is C14H22ClN3. The van der Waals surface area contributed by atoms with Gasteiger partial charge in [-0.3, -0.25) is 0 Å². The molecule has 1 fully saturated rings. The molecule has 3 nitrogen and oxygen atoms in total. The summed E-state index contributed by atoms with van der Waals surface area (Å²) in [6.45, 7) is 4.45. The summed E-state index contributed by atoms with van der Waals surface area (Å²) in [5, 5.41) is 4.09. The summed E-state index contributed by atoms with van der Waals surface area (Å²) in [5.74, 6) is 0. The molecule has 0 amide bonds. The Morgan fingerprint density at radius 1 is 1.17 bits per heavy atom. The molecular weight excluding hydrogens is 246 g/mol. The van der Waals surface area contributed by atoms with Crippen LogP contribution in [0.5, 0.6) is 0 Å². The summed E-state index contributed by atoms with van der Waals surface area (Å²) in [5.41, 5.74) is 7.60. The van der Waals surface area contributed by atoms with Gasteiger partial charge in [0.1, 0.15) is 0 Å². The van der Waals surface area contributed by atoms with Crippen molar-refractivity contribution in [1.82, 2.24) is 4.90 Å². The Labute approximate surface area is 114 Å². The van der Waals surface area contributed by atoms with E-state index >= 15 is 0 Å². The Kier molecular flexibility index (Phi) is 5.14. The van der Waals surface area contributed by atoms with Crippen LogP contribution in [0, 0.1) is 0 Å². The molecule has 0 radical (unpaired) electrons. The predicted molar refractivity (Wildman–Crippen MR) is 79.3 cm³/mol. The molecule has 1 aliphatic heterocycles. The summed E-state index contributed by atoms with van der Waals surface area (Å²) in [6.07, 6.45) is 5.43. The molecule has 1 aromatic carbocycles. The number of nitrogen functional groups attached to an aromatic ring is 1. The van der Waals surface area contributed by atoms with Crippen LogP contribution in [0.25, 0.3) is 0 Å². The number of nitrogens with two attached hydrogens (primary N) is 1. The normalized spacial score (nSPS) is 17.4. The molecule has 4 heteroatoms. The lowest BCUT2D eigenvalue weighted by Gasteiger charge is -2.20. The molecule has 1 aromatic rings. The molecule has 1 heterocycles. The van der Waals surface area contributed by atoms with E-state index in [9.17, 15) is 0 Å². The second-order valence-electron chi connectivity index (χ2n) is 4.91. The summed E-state index contributed by atoms with van der Waals surface area (Å²) >= 11 is 5.96. The zero-order chi connectivity index (χ0) is 12.8. The molecule has 1 saturated heterocycles. The van der Waals surface area contributed by atoms with Gasteiger partial charge in [-0.05, 0) is 44.1 Å². The van der Waals surface area contributed by atoms with Crippen LogP contribution < -0.4 is 11.1 Å². The van der Waals surface area contributed by atoms with Gasteiger partial charge in [0.15, 0.2) is 0 Å². The van der Waals surface area contributed by atoms with Crippen LogP contribution in [0.1, 0.15) is 25.7 Å². The first-order valence-electron chi connectivity index (χ1n) is 6.77. The van der Waals surface area contributed by atoms with Crippen molar-refractivity contribution < 1.29 is 0 Å². The minimum Gasteiger partial charge on any atom is -0.397 e. The summed E-state index contributed by atoms with van der Waals surface area (Å²) in [7, 11) is 0. The van der Waals surface area contributed by atoms with Crippen LogP contribution in [0.4, 0.5) is 11.4 Å². The zero-order valence-electron chi connectivity index (χ0n) is 10.8. The molecule has 0 spiro atoms. The molecule has 0 bridgehead atoms. The lowest BCUT2D eigenvalue weighted by atomic mass is 10.2. The van der Waals surface area contributed by atoms with Gasteiger partial charge in [-0.25, -0.2) is 0 Å². The quantitative estimate of drug-likeness (QED) is 0.823. The van der Waals surface area contributed by atoms with E-state index in [1.807, 2.05) is 18.2 Å². The average molecular weight is 268 g/mol. The average Bonchev–Trinajstić information content (AvgIpc) is 2.62. The SMILES string of the molecule is Nc1ccc(Cl)cc1NCCN1CCCCCC1. The molecule has 100 valence electrons. The fraction of sp³-hybridized carbons (Fsp3) is 0.571. The highest BCUT2D eigenvalue weighted by Crippen LogP contribution is 2.22. The van der Waals surface area contributed by atoms with Gasteiger partial charge in [0.25, 0.3) is 0 Å². The number of benzene rings is 1. The van der Waals surface area contributed by atoms with Crippen molar-refractivity contribution in [2.45, 2.75) is 25.7 Å². The second kappa shape index (κ2) is 6.86. The van der Waals surface area contributed by atoms with Crippen LogP contribution in [0.2, 0.25) is 5.02 Å². The Morgan fingerprint density at radius 3 is 2.61 bits per heavy atom. The van der Waals surface area contributed by atoms with Gasteiger partial charge in [-0.1, -0.05) is 24.4 Å². The van der Waals surface area contributed by atoms with Crippen molar-refractivity contribution in [2.24, 2.45) is 0 Å². The van der Waals surface area contributed by atoms with E-state index in [2.05, 4.69) is 10.2 Å². The Hall–Kier alpha value is -0.930. The molecule has 18 heavy (non-hydrogen) atoms. The van der Waals surface area contributed by atoms with E-state index < -0.39 is 0 Å².